The highest BCUT2D eigenvalue weighted by Gasteiger charge is 2.02. The predicted octanol–water partition coefficient (Wildman–Crippen LogP) is 4.47. The van der Waals surface area contributed by atoms with Gasteiger partial charge in [-0.25, -0.2) is 0 Å². The van der Waals surface area contributed by atoms with Crippen molar-refractivity contribution < 1.29 is 9.47 Å². The van der Waals surface area contributed by atoms with Crippen molar-refractivity contribution in [3.05, 3.63) is 66.1 Å². The first kappa shape index (κ1) is 15.4. The lowest BCUT2D eigenvalue weighted by molar-refractivity contribution is 0.393. The Morgan fingerprint density at radius 3 is 1.90 bits per heavy atom. The fraction of sp³-hybridized carbons (Fsp3) is 0.316. The van der Waals surface area contributed by atoms with Crippen LogP contribution in [0.1, 0.15) is 24.0 Å². The lowest BCUT2D eigenvalue weighted by Gasteiger charge is -2.08. The van der Waals surface area contributed by atoms with Crippen LogP contribution in [0.5, 0.6) is 11.5 Å². The van der Waals surface area contributed by atoms with Crippen LogP contribution in [0.3, 0.4) is 0 Å². The van der Waals surface area contributed by atoms with Crippen molar-refractivity contribution in [2.24, 2.45) is 0 Å². The molecule has 0 saturated carbocycles. The highest BCUT2D eigenvalue weighted by molar-refractivity contribution is 5.38. The molecule has 0 unspecified atom stereocenters. The quantitative estimate of drug-likeness (QED) is 0.665. The Morgan fingerprint density at radius 1 is 0.762 bits per heavy atom. The number of unbranched alkanes of at least 4 members (excludes halogenated alkanes) is 2. The van der Waals surface area contributed by atoms with Gasteiger partial charge in [-0.1, -0.05) is 30.3 Å². The van der Waals surface area contributed by atoms with Crippen molar-refractivity contribution in [2.75, 3.05) is 14.2 Å². The third-order valence-electron chi connectivity index (χ3n) is 3.53. The topological polar surface area (TPSA) is 18.5 Å². The van der Waals surface area contributed by atoms with Crippen molar-refractivity contribution in [3.8, 4) is 11.5 Å². The molecule has 0 heterocycles. The molecule has 0 spiro atoms. The number of rotatable bonds is 8. The van der Waals surface area contributed by atoms with Crippen LogP contribution in [0.2, 0.25) is 0 Å². The Balaban J connectivity index is 1.75. The summed E-state index contributed by atoms with van der Waals surface area (Å²) < 4.78 is 10.6. The Bertz CT molecular complexity index is 512. The fourth-order valence-electron chi connectivity index (χ4n) is 2.34. The fourth-order valence-corrected chi connectivity index (χ4v) is 2.34. The molecule has 0 atom stereocenters. The van der Waals surface area contributed by atoms with Gasteiger partial charge < -0.3 is 9.47 Å². The minimum atomic E-state index is 0.855. The minimum absolute atomic E-state index is 0.855. The average molecular weight is 283 g/mol. The van der Waals surface area contributed by atoms with Gasteiger partial charge >= 0.3 is 0 Å². The molecule has 0 fully saturated rings. The molecule has 2 heteroatoms. The molecule has 0 N–H and O–H groups in total. The summed E-state index contributed by atoms with van der Waals surface area (Å²) >= 11 is 0. The number of benzene rings is 2. The summed E-state index contributed by atoms with van der Waals surface area (Å²) in [5, 5.41) is 0. The van der Waals surface area contributed by atoms with E-state index in [1.165, 1.54) is 11.1 Å². The third-order valence-corrected chi connectivity index (χ3v) is 3.53. The van der Waals surface area contributed by atoms with E-state index in [0.29, 0.717) is 0 Å². The lowest BCUT2D eigenvalue weighted by atomic mass is 10.0. The minimum Gasteiger partial charge on any atom is -0.497 e. The largest absolute Gasteiger partial charge is 0.497 e. The van der Waals surface area contributed by atoms with Crippen LogP contribution in [0, 0.1) is 6.42 Å². The smallest absolute Gasteiger partial charge is 0.122 e. The summed E-state index contributed by atoms with van der Waals surface area (Å²) in [7, 11) is 3.37. The van der Waals surface area contributed by atoms with E-state index in [1.54, 1.807) is 14.2 Å². The van der Waals surface area contributed by atoms with Gasteiger partial charge in [0.15, 0.2) is 0 Å². The van der Waals surface area contributed by atoms with Crippen LogP contribution >= 0.6 is 0 Å². The lowest BCUT2D eigenvalue weighted by Crippen LogP contribution is -1.93. The van der Waals surface area contributed by atoms with Crippen molar-refractivity contribution in [2.45, 2.75) is 25.7 Å². The Labute approximate surface area is 127 Å². The van der Waals surface area contributed by atoms with E-state index in [1.807, 2.05) is 6.07 Å². The van der Waals surface area contributed by atoms with Gasteiger partial charge in [0.25, 0.3) is 0 Å². The van der Waals surface area contributed by atoms with Crippen LogP contribution in [0.25, 0.3) is 0 Å². The van der Waals surface area contributed by atoms with Gasteiger partial charge in [0, 0.05) is 6.07 Å². The highest BCUT2D eigenvalue weighted by Crippen LogP contribution is 2.23. The molecule has 2 nitrogen and oxygen atoms in total. The van der Waals surface area contributed by atoms with E-state index in [2.05, 4.69) is 48.9 Å². The van der Waals surface area contributed by atoms with E-state index < -0.39 is 0 Å². The van der Waals surface area contributed by atoms with Crippen LogP contribution in [-0.4, -0.2) is 14.2 Å². The zero-order valence-corrected chi connectivity index (χ0v) is 12.8. The number of aryl methyl sites for hydroxylation is 2. The normalized spacial score (nSPS) is 10.4. The maximum Gasteiger partial charge on any atom is 0.122 e. The standard InChI is InChI=1S/C19H23O2/c1-20-18-13-17(14-19(15-18)21-2)12-8-4-7-11-16-9-5-3-6-10-16/h3-6,9-10,13-15H,7-8,11-12H2,1-2H3. The number of hydrogen-bond acceptors (Lipinski definition) is 2. The maximum absolute atomic E-state index is 5.29. The van der Waals surface area contributed by atoms with Gasteiger partial charge in [-0.05, 0) is 55.4 Å². The molecule has 0 aliphatic heterocycles. The Hall–Kier alpha value is -1.96. The average Bonchev–Trinajstić information content (AvgIpc) is 2.55. The van der Waals surface area contributed by atoms with Crippen molar-refractivity contribution in [1.29, 1.82) is 0 Å². The van der Waals surface area contributed by atoms with Gasteiger partial charge in [-0.2, -0.15) is 0 Å². The van der Waals surface area contributed by atoms with Gasteiger partial charge in [0.05, 0.1) is 14.2 Å². The second-order valence-electron chi connectivity index (χ2n) is 5.07. The van der Waals surface area contributed by atoms with Gasteiger partial charge in [-0.15, -0.1) is 0 Å². The molecule has 0 aliphatic carbocycles. The maximum atomic E-state index is 5.29. The van der Waals surface area contributed by atoms with Crippen LogP contribution in [0.15, 0.2) is 48.5 Å². The highest BCUT2D eigenvalue weighted by atomic mass is 16.5. The van der Waals surface area contributed by atoms with E-state index in [9.17, 15) is 0 Å². The van der Waals surface area contributed by atoms with E-state index in [4.69, 9.17) is 9.47 Å². The molecule has 111 valence electrons. The van der Waals surface area contributed by atoms with Gasteiger partial charge in [0.1, 0.15) is 11.5 Å². The predicted molar refractivity (Wildman–Crippen MR) is 86.9 cm³/mol. The van der Waals surface area contributed by atoms with E-state index >= 15 is 0 Å². The van der Waals surface area contributed by atoms with E-state index in [0.717, 1.165) is 37.2 Å². The first-order valence-electron chi connectivity index (χ1n) is 7.39. The molecule has 2 aromatic rings. The molecule has 21 heavy (non-hydrogen) atoms. The zero-order chi connectivity index (χ0) is 14.9. The van der Waals surface area contributed by atoms with Crippen molar-refractivity contribution in [1.82, 2.24) is 0 Å². The first-order chi connectivity index (χ1) is 10.3. The first-order valence-corrected chi connectivity index (χ1v) is 7.39. The number of ether oxygens (including phenoxy) is 2. The summed E-state index contributed by atoms with van der Waals surface area (Å²) in [6, 6.07) is 16.7. The molecule has 0 bridgehead atoms. The summed E-state index contributed by atoms with van der Waals surface area (Å²) in [6.07, 6.45) is 6.68. The summed E-state index contributed by atoms with van der Waals surface area (Å²) in [5.74, 6) is 1.71. The van der Waals surface area contributed by atoms with Crippen LogP contribution in [0.4, 0.5) is 0 Å². The van der Waals surface area contributed by atoms with E-state index in [-0.39, 0.29) is 0 Å². The number of methoxy groups -OCH3 is 2. The molecule has 0 aliphatic rings. The van der Waals surface area contributed by atoms with Gasteiger partial charge in [0.2, 0.25) is 0 Å². The second-order valence-corrected chi connectivity index (χ2v) is 5.07. The Kier molecular flexibility index (Phi) is 6.14. The second kappa shape index (κ2) is 8.35. The third kappa shape index (κ3) is 5.14. The molecule has 0 amide bonds. The summed E-state index contributed by atoms with van der Waals surface area (Å²) in [5.41, 5.74) is 2.65. The van der Waals surface area contributed by atoms with Crippen molar-refractivity contribution in [3.63, 3.8) is 0 Å². The molecule has 1 radical (unpaired) electrons. The van der Waals surface area contributed by atoms with Crippen molar-refractivity contribution >= 4 is 0 Å². The number of hydrogen-bond donors (Lipinski definition) is 0. The molecular formula is C19H23O2. The van der Waals surface area contributed by atoms with Crippen LogP contribution in [-0.2, 0) is 12.8 Å². The monoisotopic (exact) mass is 283 g/mol. The Morgan fingerprint density at radius 2 is 1.33 bits per heavy atom. The molecular weight excluding hydrogens is 260 g/mol. The molecule has 2 rings (SSSR count). The van der Waals surface area contributed by atoms with Gasteiger partial charge in [-0.3, -0.25) is 0 Å². The summed E-state index contributed by atoms with van der Waals surface area (Å²) in [6.45, 7) is 0. The zero-order valence-electron chi connectivity index (χ0n) is 12.8. The molecule has 2 aromatic carbocycles. The molecule has 0 saturated heterocycles. The van der Waals surface area contributed by atoms with Crippen LogP contribution < -0.4 is 9.47 Å². The SMILES string of the molecule is COc1cc(CC[CH]CCc2ccccc2)cc(OC)c1. The molecule has 0 aromatic heterocycles. The summed E-state index contributed by atoms with van der Waals surface area (Å²) in [4.78, 5) is 0.